The molecule has 0 bridgehead atoms. The van der Waals surface area contributed by atoms with Gasteiger partial charge in [-0.1, -0.05) is 0 Å². The molecule has 0 unspecified atom stereocenters. The maximum Gasteiger partial charge on any atom is 0.354 e. The summed E-state index contributed by atoms with van der Waals surface area (Å²) in [6.45, 7) is -0.140. The lowest BCUT2D eigenvalue weighted by molar-refractivity contribution is 0.0689. The van der Waals surface area contributed by atoms with Crippen LogP contribution in [-0.2, 0) is 6.54 Å². The Labute approximate surface area is 97.6 Å². The highest BCUT2D eigenvalue weighted by atomic mass is 127. The molecule has 1 heterocycles. The van der Waals surface area contributed by atoms with Gasteiger partial charge in [0.15, 0.2) is 0 Å². The third kappa shape index (κ3) is 2.59. The van der Waals surface area contributed by atoms with Crippen LogP contribution in [0.2, 0.25) is 0 Å². The molecule has 0 saturated carbocycles. The smallest absolute Gasteiger partial charge is 0.354 e. The highest BCUT2D eigenvalue weighted by Gasteiger charge is 2.20. The SMILES string of the molecule is NCc1cc(C(=O)O)nc(I)c1C(F)F. The Hall–Kier alpha value is -0.830. The maximum absolute atomic E-state index is 12.6. The molecule has 1 aromatic rings. The average Bonchev–Trinajstić information content (AvgIpc) is 2.15. The fraction of sp³-hybridized carbons (Fsp3) is 0.250. The van der Waals surface area contributed by atoms with Crippen molar-refractivity contribution in [2.75, 3.05) is 0 Å². The van der Waals surface area contributed by atoms with Gasteiger partial charge in [0.25, 0.3) is 6.43 Å². The number of alkyl halides is 2. The lowest BCUT2D eigenvalue weighted by atomic mass is 10.1. The summed E-state index contributed by atoms with van der Waals surface area (Å²) < 4.78 is 25.1. The third-order valence-electron chi connectivity index (χ3n) is 1.76. The predicted octanol–water partition coefficient (Wildman–Crippen LogP) is 1.78. The van der Waals surface area contributed by atoms with Crippen molar-refractivity contribution in [2.45, 2.75) is 13.0 Å². The molecule has 0 spiro atoms. The first kappa shape index (κ1) is 12.2. The summed E-state index contributed by atoms with van der Waals surface area (Å²) in [5.74, 6) is -1.26. The summed E-state index contributed by atoms with van der Waals surface area (Å²) >= 11 is 1.57. The summed E-state index contributed by atoms with van der Waals surface area (Å²) in [5.41, 5.74) is 4.82. The Morgan fingerprint density at radius 2 is 2.27 bits per heavy atom. The number of aromatic nitrogens is 1. The number of carboxylic acids is 1. The summed E-state index contributed by atoms with van der Waals surface area (Å²) in [7, 11) is 0. The van der Waals surface area contributed by atoms with E-state index in [2.05, 4.69) is 4.98 Å². The normalized spacial score (nSPS) is 10.7. The van der Waals surface area contributed by atoms with E-state index < -0.39 is 12.4 Å². The van der Waals surface area contributed by atoms with E-state index in [1.54, 1.807) is 22.6 Å². The van der Waals surface area contributed by atoms with Crippen molar-refractivity contribution in [3.63, 3.8) is 0 Å². The van der Waals surface area contributed by atoms with Gasteiger partial charge in [-0.05, 0) is 34.2 Å². The Morgan fingerprint density at radius 3 is 2.67 bits per heavy atom. The quantitative estimate of drug-likeness (QED) is 0.655. The van der Waals surface area contributed by atoms with Crippen LogP contribution in [0.3, 0.4) is 0 Å². The van der Waals surface area contributed by atoms with Gasteiger partial charge in [0, 0.05) is 6.54 Å². The standard InChI is InChI=1S/C8H7F2IN2O2/c9-6(10)5-3(2-12)1-4(8(14)15)13-7(5)11/h1,6H,2,12H2,(H,14,15). The van der Waals surface area contributed by atoms with Gasteiger partial charge in [0.2, 0.25) is 0 Å². The fourth-order valence-corrected chi connectivity index (χ4v) is 1.92. The molecule has 0 atom stereocenters. The fourth-order valence-electron chi connectivity index (χ4n) is 1.08. The second-order valence-corrected chi connectivity index (χ2v) is 3.70. The van der Waals surface area contributed by atoms with Crippen LogP contribution in [-0.4, -0.2) is 16.1 Å². The van der Waals surface area contributed by atoms with Crippen LogP contribution in [0.25, 0.3) is 0 Å². The Morgan fingerprint density at radius 1 is 1.67 bits per heavy atom. The van der Waals surface area contributed by atoms with Gasteiger partial charge in [0.05, 0.1) is 5.56 Å². The zero-order valence-electron chi connectivity index (χ0n) is 7.38. The van der Waals surface area contributed by atoms with E-state index in [1.165, 1.54) is 0 Å². The zero-order chi connectivity index (χ0) is 11.6. The number of nitrogens with zero attached hydrogens (tertiary/aromatic N) is 1. The second-order valence-electron chi connectivity index (χ2n) is 2.68. The van der Waals surface area contributed by atoms with Crippen LogP contribution in [0.5, 0.6) is 0 Å². The number of nitrogens with two attached hydrogens (primary N) is 1. The molecule has 1 rings (SSSR count). The van der Waals surface area contributed by atoms with Crippen LogP contribution in [0, 0.1) is 3.70 Å². The van der Waals surface area contributed by atoms with Crippen LogP contribution in [0.15, 0.2) is 6.07 Å². The van der Waals surface area contributed by atoms with Gasteiger partial charge in [0.1, 0.15) is 9.39 Å². The highest BCUT2D eigenvalue weighted by Crippen LogP contribution is 2.27. The molecule has 82 valence electrons. The zero-order valence-corrected chi connectivity index (χ0v) is 9.53. The molecule has 0 aromatic carbocycles. The Bertz CT molecular complexity index is 398. The van der Waals surface area contributed by atoms with E-state index in [0.717, 1.165) is 6.07 Å². The number of hydrogen-bond donors (Lipinski definition) is 2. The van der Waals surface area contributed by atoms with E-state index in [9.17, 15) is 13.6 Å². The van der Waals surface area contributed by atoms with Crippen molar-refractivity contribution >= 4 is 28.6 Å². The largest absolute Gasteiger partial charge is 0.477 e. The third-order valence-corrected chi connectivity index (χ3v) is 2.58. The Balaban J connectivity index is 3.37. The lowest BCUT2D eigenvalue weighted by Crippen LogP contribution is -2.11. The van der Waals surface area contributed by atoms with Crippen LogP contribution in [0.4, 0.5) is 8.78 Å². The van der Waals surface area contributed by atoms with Crippen molar-refractivity contribution in [1.82, 2.24) is 4.98 Å². The van der Waals surface area contributed by atoms with E-state index >= 15 is 0 Å². The molecule has 1 aromatic heterocycles. The number of aromatic carboxylic acids is 1. The monoisotopic (exact) mass is 328 g/mol. The molecular formula is C8H7F2IN2O2. The maximum atomic E-state index is 12.6. The minimum Gasteiger partial charge on any atom is -0.477 e. The molecule has 0 aliphatic rings. The van der Waals surface area contributed by atoms with Crippen molar-refractivity contribution in [2.24, 2.45) is 5.73 Å². The molecule has 7 heteroatoms. The summed E-state index contributed by atoms with van der Waals surface area (Å²) in [4.78, 5) is 14.2. The topological polar surface area (TPSA) is 76.2 Å². The van der Waals surface area contributed by atoms with E-state index in [1.807, 2.05) is 0 Å². The van der Waals surface area contributed by atoms with Crippen molar-refractivity contribution < 1.29 is 18.7 Å². The van der Waals surface area contributed by atoms with Gasteiger partial charge in [-0.2, -0.15) is 0 Å². The van der Waals surface area contributed by atoms with E-state index in [0.29, 0.717) is 0 Å². The summed E-state index contributed by atoms with van der Waals surface area (Å²) in [5, 5.41) is 8.66. The molecule has 15 heavy (non-hydrogen) atoms. The highest BCUT2D eigenvalue weighted by molar-refractivity contribution is 14.1. The van der Waals surface area contributed by atoms with Crippen molar-refractivity contribution in [1.29, 1.82) is 0 Å². The van der Waals surface area contributed by atoms with E-state index in [-0.39, 0.29) is 27.1 Å². The first-order valence-corrected chi connectivity index (χ1v) is 4.96. The number of carbonyl (C=O) groups is 1. The van der Waals surface area contributed by atoms with E-state index in [4.69, 9.17) is 10.8 Å². The second kappa shape index (κ2) is 4.79. The van der Waals surface area contributed by atoms with Crippen molar-refractivity contribution in [3.8, 4) is 0 Å². The molecule has 0 fully saturated rings. The number of pyridine rings is 1. The molecule has 0 aliphatic heterocycles. The minimum atomic E-state index is -2.70. The number of halogens is 3. The Kier molecular flexibility index (Phi) is 3.91. The predicted molar refractivity (Wildman–Crippen MR) is 56.8 cm³/mol. The molecule has 3 N–H and O–H groups in total. The molecule has 0 saturated heterocycles. The van der Waals surface area contributed by atoms with Gasteiger partial charge in [-0.3, -0.25) is 0 Å². The van der Waals surface area contributed by atoms with Gasteiger partial charge < -0.3 is 10.8 Å². The lowest BCUT2D eigenvalue weighted by Gasteiger charge is -2.09. The van der Waals surface area contributed by atoms with Crippen molar-refractivity contribution in [3.05, 3.63) is 26.6 Å². The average molecular weight is 328 g/mol. The summed E-state index contributed by atoms with van der Waals surface area (Å²) in [6.07, 6.45) is -2.70. The minimum absolute atomic E-state index is 0.0250. The molecule has 0 aliphatic carbocycles. The number of rotatable bonds is 3. The summed E-state index contributed by atoms with van der Waals surface area (Å²) in [6, 6.07) is 1.08. The first-order valence-electron chi connectivity index (χ1n) is 3.88. The van der Waals surface area contributed by atoms with Gasteiger partial charge >= 0.3 is 5.97 Å². The van der Waals surface area contributed by atoms with Crippen LogP contribution in [0.1, 0.15) is 28.0 Å². The van der Waals surface area contributed by atoms with Crippen LogP contribution < -0.4 is 5.73 Å². The first-order chi connectivity index (χ1) is 6.97. The molecule has 0 radical (unpaired) electrons. The number of carboxylic acid groups (broad SMARTS) is 1. The number of hydrogen-bond acceptors (Lipinski definition) is 3. The van der Waals surface area contributed by atoms with Crippen LogP contribution >= 0.6 is 22.6 Å². The molecule has 4 nitrogen and oxygen atoms in total. The molecular weight excluding hydrogens is 321 g/mol. The molecule has 0 amide bonds. The van der Waals surface area contributed by atoms with Gasteiger partial charge in [-0.15, -0.1) is 0 Å². The van der Waals surface area contributed by atoms with Gasteiger partial charge in [-0.25, -0.2) is 18.6 Å².